The number of hydrogen-bond donors (Lipinski definition) is 2. The van der Waals surface area contributed by atoms with Gasteiger partial charge in [0, 0.05) is 33.3 Å². The fourth-order valence-electron chi connectivity index (χ4n) is 3.49. The first-order chi connectivity index (χ1) is 10.6. The van der Waals surface area contributed by atoms with Crippen LogP contribution in [0.25, 0.3) is 0 Å². The van der Waals surface area contributed by atoms with Gasteiger partial charge in [0.1, 0.15) is 5.60 Å². The Hall–Kier alpha value is -0.690. The van der Waals surface area contributed by atoms with E-state index in [1.807, 2.05) is 0 Å². The normalized spacial score (nSPS) is 29.2. The van der Waals surface area contributed by atoms with E-state index in [2.05, 4.69) is 29.4 Å². The number of ether oxygens (including phenoxy) is 2. The second-order valence-electron chi connectivity index (χ2n) is 6.57. The van der Waals surface area contributed by atoms with E-state index in [4.69, 9.17) is 9.47 Å². The van der Waals surface area contributed by atoms with Gasteiger partial charge in [0.05, 0.1) is 12.2 Å². The number of methoxy groups -OCH3 is 1. The Morgan fingerprint density at radius 2 is 1.95 bits per heavy atom. The molecule has 22 heavy (non-hydrogen) atoms. The van der Waals surface area contributed by atoms with Crippen molar-refractivity contribution in [2.24, 2.45) is 0 Å². The topological polar surface area (TPSA) is 62.8 Å². The van der Waals surface area contributed by atoms with Crippen LogP contribution in [0.3, 0.4) is 0 Å². The summed E-state index contributed by atoms with van der Waals surface area (Å²) in [6.45, 7) is 9.57. The molecule has 128 valence electrons. The third-order valence-corrected chi connectivity index (χ3v) is 4.65. The zero-order valence-corrected chi connectivity index (χ0v) is 14.2. The number of amides is 1. The van der Waals surface area contributed by atoms with Crippen molar-refractivity contribution in [3.05, 3.63) is 0 Å². The molecule has 2 N–H and O–H groups in total. The minimum atomic E-state index is -0.632. The molecule has 2 saturated heterocycles. The standard InChI is InChI=1S/C16H31N3O3/c1-13-11-19(12-14(2)22-13)10-4-7-18-15(20)16(21-3)5-8-17-9-6-16/h13-14,17H,4-12H2,1-3H3,(H,18,20). The second-order valence-corrected chi connectivity index (χ2v) is 6.57. The Kier molecular flexibility index (Phi) is 6.62. The molecule has 2 unspecified atom stereocenters. The van der Waals surface area contributed by atoms with Crippen LogP contribution in [0.4, 0.5) is 0 Å². The van der Waals surface area contributed by atoms with E-state index in [-0.39, 0.29) is 5.91 Å². The summed E-state index contributed by atoms with van der Waals surface area (Å²) in [7, 11) is 1.64. The first-order valence-corrected chi connectivity index (χ1v) is 8.48. The molecule has 0 spiro atoms. The van der Waals surface area contributed by atoms with Crippen molar-refractivity contribution in [2.75, 3.05) is 46.4 Å². The fraction of sp³-hybridized carbons (Fsp3) is 0.938. The number of rotatable bonds is 6. The molecule has 6 nitrogen and oxygen atoms in total. The fourth-order valence-corrected chi connectivity index (χ4v) is 3.49. The van der Waals surface area contributed by atoms with Gasteiger partial charge in [0.25, 0.3) is 5.91 Å². The highest BCUT2D eigenvalue weighted by Crippen LogP contribution is 2.22. The summed E-state index contributed by atoms with van der Waals surface area (Å²) in [6, 6.07) is 0. The third kappa shape index (κ3) is 4.65. The molecule has 2 heterocycles. The second kappa shape index (κ2) is 8.24. The highest BCUT2D eigenvalue weighted by molar-refractivity contribution is 5.85. The van der Waals surface area contributed by atoms with Crippen LogP contribution in [-0.4, -0.2) is 75.0 Å². The number of nitrogens with one attached hydrogen (secondary N) is 2. The summed E-state index contributed by atoms with van der Waals surface area (Å²) in [5, 5.41) is 6.33. The predicted octanol–water partition coefficient (Wildman–Crippen LogP) is 0.371. The number of hydrogen-bond acceptors (Lipinski definition) is 5. The number of carbonyl (C=O) groups is 1. The average molecular weight is 313 g/mol. The maximum absolute atomic E-state index is 12.4. The zero-order valence-electron chi connectivity index (χ0n) is 14.2. The third-order valence-electron chi connectivity index (χ3n) is 4.65. The van der Waals surface area contributed by atoms with Crippen molar-refractivity contribution < 1.29 is 14.3 Å². The molecule has 0 bridgehead atoms. The zero-order chi connectivity index (χ0) is 16.0. The Labute approximate surface area is 133 Å². The van der Waals surface area contributed by atoms with Gasteiger partial charge in [0.2, 0.25) is 0 Å². The lowest BCUT2D eigenvalue weighted by Gasteiger charge is -2.36. The molecule has 0 aliphatic carbocycles. The molecule has 0 aromatic carbocycles. The molecule has 0 saturated carbocycles. The smallest absolute Gasteiger partial charge is 0.252 e. The van der Waals surface area contributed by atoms with Crippen LogP contribution in [0.1, 0.15) is 33.1 Å². The maximum Gasteiger partial charge on any atom is 0.252 e. The largest absolute Gasteiger partial charge is 0.373 e. The molecular formula is C16H31N3O3. The van der Waals surface area contributed by atoms with Crippen LogP contribution in [0, 0.1) is 0 Å². The van der Waals surface area contributed by atoms with Gasteiger partial charge in [-0.2, -0.15) is 0 Å². The lowest BCUT2D eigenvalue weighted by molar-refractivity contribution is -0.146. The molecule has 2 fully saturated rings. The lowest BCUT2D eigenvalue weighted by Crippen LogP contribution is -2.54. The van der Waals surface area contributed by atoms with E-state index in [9.17, 15) is 4.79 Å². The lowest BCUT2D eigenvalue weighted by atomic mass is 9.91. The van der Waals surface area contributed by atoms with Crippen molar-refractivity contribution in [2.45, 2.75) is 50.9 Å². The highest BCUT2D eigenvalue weighted by Gasteiger charge is 2.39. The average Bonchev–Trinajstić information content (AvgIpc) is 2.51. The van der Waals surface area contributed by atoms with Gasteiger partial charge in [-0.3, -0.25) is 9.69 Å². The molecule has 2 aliphatic rings. The van der Waals surface area contributed by atoms with E-state index < -0.39 is 5.60 Å². The quantitative estimate of drug-likeness (QED) is 0.694. The number of carbonyl (C=O) groups excluding carboxylic acids is 1. The van der Waals surface area contributed by atoms with Crippen LogP contribution in [-0.2, 0) is 14.3 Å². The summed E-state index contributed by atoms with van der Waals surface area (Å²) < 4.78 is 11.3. The van der Waals surface area contributed by atoms with Gasteiger partial charge in [-0.05, 0) is 46.2 Å². The van der Waals surface area contributed by atoms with E-state index >= 15 is 0 Å². The molecular weight excluding hydrogens is 282 g/mol. The molecule has 1 amide bonds. The molecule has 0 radical (unpaired) electrons. The Morgan fingerprint density at radius 1 is 1.32 bits per heavy atom. The summed E-state index contributed by atoms with van der Waals surface area (Å²) in [5.74, 6) is 0.0419. The Balaban J connectivity index is 1.68. The van der Waals surface area contributed by atoms with Gasteiger partial charge in [-0.1, -0.05) is 0 Å². The van der Waals surface area contributed by atoms with Crippen molar-refractivity contribution >= 4 is 5.91 Å². The van der Waals surface area contributed by atoms with Crippen molar-refractivity contribution in [1.82, 2.24) is 15.5 Å². The minimum Gasteiger partial charge on any atom is -0.373 e. The first kappa shape index (κ1) is 17.7. The summed E-state index contributed by atoms with van der Waals surface area (Å²) >= 11 is 0. The summed E-state index contributed by atoms with van der Waals surface area (Å²) in [6.07, 6.45) is 3.04. The van der Waals surface area contributed by atoms with Crippen LogP contribution in [0.2, 0.25) is 0 Å². The molecule has 0 aromatic rings. The Bertz CT molecular complexity index is 349. The van der Waals surface area contributed by atoms with Crippen LogP contribution in [0.15, 0.2) is 0 Å². The van der Waals surface area contributed by atoms with E-state index in [1.165, 1.54) is 0 Å². The minimum absolute atomic E-state index is 0.0419. The van der Waals surface area contributed by atoms with Crippen LogP contribution >= 0.6 is 0 Å². The maximum atomic E-state index is 12.4. The van der Waals surface area contributed by atoms with Crippen LogP contribution < -0.4 is 10.6 Å². The van der Waals surface area contributed by atoms with Gasteiger partial charge in [-0.15, -0.1) is 0 Å². The van der Waals surface area contributed by atoms with E-state index in [0.29, 0.717) is 18.8 Å². The van der Waals surface area contributed by atoms with Gasteiger partial charge in [-0.25, -0.2) is 0 Å². The van der Waals surface area contributed by atoms with E-state index in [0.717, 1.165) is 52.0 Å². The SMILES string of the molecule is COC1(C(=O)NCCCN2CC(C)OC(C)C2)CCNCC1. The van der Waals surface area contributed by atoms with Gasteiger partial charge < -0.3 is 20.1 Å². The monoisotopic (exact) mass is 313 g/mol. The summed E-state index contributed by atoms with van der Waals surface area (Å²) in [5.41, 5.74) is -0.632. The van der Waals surface area contributed by atoms with Gasteiger partial charge in [0.15, 0.2) is 0 Å². The van der Waals surface area contributed by atoms with Gasteiger partial charge >= 0.3 is 0 Å². The molecule has 2 rings (SSSR count). The number of nitrogens with zero attached hydrogens (tertiary/aromatic N) is 1. The molecule has 2 atom stereocenters. The van der Waals surface area contributed by atoms with Crippen molar-refractivity contribution in [1.29, 1.82) is 0 Å². The number of morpholine rings is 1. The van der Waals surface area contributed by atoms with Crippen molar-refractivity contribution in [3.63, 3.8) is 0 Å². The van der Waals surface area contributed by atoms with E-state index in [1.54, 1.807) is 7.11 Å². The molecule has 6 heteroatoms. The molecule has 0 aromatic heterocycles. The Morgan fingerprint density at radius 3 is 2.55 bits per heavy atom. The summed E-state index contributed by atoms with van der Waals surface area (Å²) in [4.78, 5) is 14.8. The molecule has 2 aliphatic heterocycles. The predicted molar refractivity (Wildman–Crippen MR) is 85.9 cm³/mol. The first-order valence-electron chi connectivity index (χ1n) is 8.48. The highest BCUT2D eigenvalue weighted by atomic mass is 16.5. The van der Waals surface area contributed by atoms with Crippen LogP contribution in [0.5, 0.6) is 0 Å². The van der Waals surface area contributed by atoms with Crippen molar-refractivity contribution in [3.8, 4) is 0 Å². The number of piperidine rings is 1.